The zero-order valence-electron chi connectivity index (χ0n) is 16.9. The number of nitrogens with zero attached hydrogens (tertiary/aromatic N) is 1. The first-order valence-corrected chi connectivity index (χ1v) is 10.0. The molecule has 6 nitrogen and oxygen atoms in total. The lowest BCUT2D eigenvalue weighted by atomic mass is 9.73. The molecule has 156 valence electrons. The van der Waals surface area contributed by atoms with E-state index in [0.717, 1.165) is 35.4 Å². The number of hydrogen-bond acceptors (Lipinski definition) is 4. The molecule has 0 atom stereocenters. The van der Waals surface area contributed by atoms with Crippen LogP contribution in [0.5, 0.6) is 5.75 Å². The molecule has 0 bridgehead atoms. The molecule has 1 aliphatic rings. The average molecular weight is 418 g/mol. The molecule has 0 saturated carbocycles. The summed E-state index contributed by atoms with van der Waals surface area (Å²) in [5, 5.41) is 3.88. The zero-order valence-corrected chi connectivity index (χ0v) is 17.7. The van der Waals surface area contributed by atoms with E-state index in [2.05, 4.69) is 10.3 Å². The fourth-order valence-electron chi connectivity index (χ4n) is 3.71. The van der Waals surface area contributed by atoms with Crippen LogP contribution in [-0.2, 0) is 21.5 Å². The average Bonchev–Trinajstić information content (AvgIpc) is 2.74. The Labute approximate surface area is 177 Å². The third kappa shape index (κ3) is 5.21. The first kappa shape index (κ1) is 21.4. The number of rotatable bonds is 7. The topological polar surface area (TPSA) is 78.1 Å². The maximum Gasteiger partial charge on any atom is 0.193 e. The van der Waals surface area contributed by atoms with Gasteiger partial charge in [0.2, 0.25) is 0 Å². The first-order chi connectivity index (χ1) is 14.1. The van der Waals surface area contributed by atoms with Crippen molar-refractivity contribution >= 4 is 23.2 Å². The van der Waals surface area contributed by atoms with Gasteiger partial charge in [-0.05, 0) is 37.1 Å². The number of nitrogens with two attached hydrogens (primary N) is 1. The Hall–Kier alpha value is -2.28. The standard InChI is InChI=1S/C22H28ClN3O3/c1-27-14-16-5-3-4-6-19(16)26-21(24)25-15-22(9-11-29-12-10-22)18-13-17(23)7-8-20(18)28-2/h3-8,13H,9-12,14-15H2,1-2H3,(H3,24,25,26). The summed E-state index contributed by atoms with van der Waals surface area (Å²) in [6.07, 6.45) is 1.64. The lowest BCUT2D eigenvalue weighted by Gasteiger charge is -2.37. The molecule has 1 fully saturated rings. The highest BCUT2D eigenvalue weighted by Gasteiger charge is 2.37. The van der Waals surface area contributed by atoms with Crippen LogP contribution in [0.15, 0.2) is 47.5 Å². The minimum atomic E-state index is -0.243. The van der Waals surface area contributed by atoms with Crippen molar-refractivity contribution in [3.63, 3.8) is 0 Å². The van der Waals surface area contributed by atoms with Crippen molar-refractivity contribution in [3.8, 4) is 5.75 Å². The fraction of sp³-hybridized carbons (Fsp3) is 0.409. The van der Waals surface area contributed by atoms with E-state index in [0.29, 0.717) is 37.3 Å². The van der Waals surface area contributed by atoms with Gasteiger partial charge in [0.1, 0.15) is 5.75 Å². The number of methoxy groups -OCH3 is 2. The second kappa shape index (κ2) is 9.96. The van der Waals surface area contributed by atoms with Crippen LogP contribution in [0.25, 0.3) is 0 Å². The predicted molar refractivity (Wildman–Crippen MR) is 117 cm³/mol. The van der Waals surface area contributed by atoms with Crippen LogP contribution in [0.2, 0.25) is 5.02 Å². The van der Waals surface area contributed by atoms with Crippen molar-refractivity contribution in [1.82, 2.24) is 0 Å². The molecular formula is C22H28ClN3O3. The van der Waals surface area contributed by atoms with Crippen molar-refractivity contribution in [2.45, 2.75) is 24.9 Å². The maximum atomic E-state index is 6.30. The summed E-state index contributed by atoms with van der Waals surface area (Å²) in [7, 11) is 3.34. The van der Waals surface area contributed by atoms with E-state index in [9.17, 15) is 0 Å². The monoisotopic (exact) mass is 417 g/mol. The van der Waals surface area contributed by atoms with E-state index in [4.69, 9.17) is 31.5 Å². The number of hydrogen-bond donors (Lipinski definition) is 2. The Morgan fingerprint density at radius 3 is 2.69 bits per heavy atom. The number of para-hydroxylation sites is 1. The first-order valence-electron chi connectivity index (χ1n) is 9.63. The third-order valence-electron chi connectivity index (χ3n) is 5.31. The minimum Gasteiger partial charge on any atom is -0.496 e. The van der Waals surface area contributed by atoms with Gasteiger partial charge in [-0.15, -0.1) is 0 Å². The number of ether oxygens (including phenoxy) is 3. The van der Waals surface area contributed by atoms with Gasteiger partial charge < -0.3 is 25.3 Å². The molecule has 7 heteroatoms. The molecule has 1 heterocycles. The lowest BCUT2D eigenvalue weighted by Crippen LogP contribution is -2.38. The van der Waals surface area contributed by atoms with Crippen molar-refractivity contribution < 1.29 is 14.2 Å². The molecule has 2 aromatic rings. The summed E-state index contributed by atoms with van der Waals surface area (Å²) in [4.78, 5) is 4.69. The maximum absolute atomic E-state index is 6.30. The lowest BCUT2D eigenvalue weighted by molar-refractivity contribution is 0.0523. The second-order valence-electron chi connectivity index (χ2n) is 7.15. The quantitative estimate of drug-likeness (QED) is 0.526. The van der Waals surface area contributed by atoms with Gasteiger partial charge in [-0.2, -0.15) is 0 Å². The van der Waals surface area contributed by atoms with Crippen molar-refractivity contribution in [2.24, 2.45) is 10.7 Å². The highest BCUT2D eigenvalue weighted by atomic mass is 35.5. The summed E-state index contributed by atoms with van der Waals surface area (Å²) < 4.78 is 16.5. The van der Waals surface area contributed by atoms with Gasteiger partial charge in [0, 0.05) is 47.6 Å². The van der Waals surface area contributed by atoms with Gasteiger partial charge in [-0.3, -0.25) is 4.99 Å². The predicted octanol–water partition coefficient (Wildman–Crippen LogP) is 3.97. The van der Waals surface area contributed by atoms with Gasteiger partial charge in [-0.1, -0.05) is 29.8 Å². The number of benzene rings is 2. The normalized spacial score (nSPS) is 16.4. The van der Waals surface area contributed by atoms with Crippen LogP contribution < -0.4 is 15.8 Å². The molecule has 0 radical (unpaired) electrons. The molecule has 0 unspecified atom stereocenters. The Kier molecular flexibility index (Phi) is 7.36. The molecular weight excluding hydrogens is 390 g/mol. The minimum absolute atomic E-state index is 0.243. The van der Waals surface area contributed by atoms with Gasteiger partial charge in [-0.25, -0.2) is 0 Å². The van der Waals surface area contributed by atoms with E-state index in [1.54, 1.807) is 14.2 Å². The summed E-state index contributed by atoms with van der Waals surface area (Å²) in [5.41, 5.74) is 8.94. The molecule has 0 spiro atoms. The summed E-state index contributed by atoms with van der Waals surface area (Å²) in [6.45, 7) is 2.33. The van der Waals surface area contributed by atoms with Crippen LogP contribution in [0, 0.1) is 0 Å². The number of aliphatic imine (C=N–C) groups is 1. The zero-order chi connectivity index (χ0) is 20.7. The van der Waals surface area contributed by atoms with E-state index < -0.39 is 0 Å². The highest BCUT2D eigenvalue weighted by Crippen LogP contribution is 2.41. The number of halogens is 1. The number of guanidine groups is 1. The molecule has 0 aliphatic carbocycles. The second-order valence-corrected chi connectivity index (χ2v) is 7.59. The smallest absolute Gasteiger partial charge is 0.193 e. The number of nitrogens with one attached hydrogen (secondary N) is 1. The third-order valence-corrected chi connectivity index (χ3v) is 5.55. The van der Waals surface area contributed by atoms with E-state index in [1.165, 1.54) is 0 Å². The summed E-state index contributed by atoms with van der Waals surface area (Å²) in [6, 6.07) is 13.6. The van der Waals surface area contributed by atoms with Crippen LogP contribution in [0.3, 0.4) is 0 Å². The van der Waals surface area contributed by atoms with Gasteiger partial charge in [0.15, 0.2) is 5.96 Å². The van der Waals surface area contributed by atoms with Crippen molar-refractivity contribution in [3.05, 3.63) is 58.6 Å². The van der Waals surface area contributed by atoms with E-state index >= 15 is 0 Å². The molecule has 0 aromatic heterocycles. The Morgan fingerprint density at radius 2 is 1.97 bits per heavy atom. The van der Waals surface area contributed by atoms with Gasteiger partial charge >= 0.3 is 0 Å². The molecule has 0 amide bonds. The Balaban J connectivity index is 1.85. The number of anilines is 1. The van der Waals surface area contributed by atoms with Crippen molar-refractivity contribution in [1.29, 1.82) is 0 Å². The molecule has 1 aliphatic heterocycles. The van der Waals surface area contributed by atoms with Crippen LogP contribution in [-0.4, -0.2) is 39.9 Å². The Bertz CT molecular complexity index is 851. The van der Waals surface area contributed by atoms with Crippen LogP contribution in [0.1, 0.15) is 24.0 Å². The largest absolute Gasteiger partial charge is 0.496 e. The Morgan fingerprint density at radius 1 is 1.21 bits per heavy atom. The van der Waals surface area contributed by atoms with E-state index in [1.807, 2.05) is 42.5 Å². The van der Waals surface area contributed by atoms with Gasteiger partial charge in [0.05, 0.1) is 20.3 Å². The molecule has 29 heavy (non-hydrogen) atoms. The molecule has 2 aromatic carbocycles. The molecule has 1 saturated heterocycles. The summed E-state index contributed by atoms with van der Waals surface area (Å²) in [5.74, 6) is 1.17. The van der Waals surface area contributed by atoms with Gasteiger partial charge in [0.25, 0.3) is 0 Å². The molecule has 3 rings (SSSR count). The van der Waals surface area contributed by atoms with Crippen molar-refractivity contribution in [2.75, 3.05) is 39.3 Å². The van der Waals surface area contributed by atoms with E-state index in [-0.39, 0.29) is 5.41 Å². The highest BCUT2D eigenvalue weighted by molar-refractivity contribution is 6.30. The molecule has 3 N–H and O–H groups in total. The SMILES string of the molecule is COCc1ccccc1NC(N)=NCC1(c2cc(Cl)ccc2OC)CCOCC1. The van der Waals surface area contributed by atoms with Crippen LogP contribution in [0.4, 0.5) is 5.69 Å². The fourth-order valence-corrected chi connectivity index (χ4v) is 3.88. The van der Waals surface area contributed by atoms with Crippen LogP contribution >= 0.6 is 11.6 Å². The summed E-state index contributed by atoms with van der Waals surface area (Å²) >= 11 is 6.30.